The molecular formula is C16H24N2O2. The smallest absolute Gasteiger partial charge is 0.122 e. The summed E-state index contributed by atoms with van der Waals surface area (Å²) in [5, 5.41) is 3.38. The molecule has 0 bridgehead atoms. The molecule has 2 heterocycles. The molecule has 0 aliphatic carbocycles. The number of benzene rings is 1. The first kappa shape index (κ1) is 13.7. The van der Waals surface area contributed by atoms with Crippen LogP contribution in [-0.4, -0.2) is 46.0 Å². The van der Waals surface area contributed by atoms with Gasteiger partial charge in [-0.05, 0) is 37.1 Å². The highest BCUT2D eigenvalue weighted by Crippen LogP contribution is 2.26. The Labute approximate surface area is 121 Å². The molecule has 2 aliphatic rings. The van der Waals surface area contributed by atoms with Crippen LogP contribution in [0.4, 0.5) is 5.69 Å². The van der Waals surface area contributed by atoms with E-state index in [0.29, 0.717) is 5.92 Å². The Morgan fingerprint density at radius 2 is 2.20 bits per heavy atom. The third-order valence-electron chi connectivity index (χ3n) is 4.14. The lowest BCUT2D eigenvalue weighted by molar-refractivity contribution is 0.167. The normalized spacial score (nSPS) is 23.1. The Bertz CT molecular complexity index is 438. The van der Waals surface area contributed by atoms with E-state index in [-0.39, 0.29) is 0 Å². The van der Waals surface area contributed by atoms with E-state index in [1.54, 1.807) is 0 Å². The zero-order valence-electron chi connectivity index (χ0n) is 12.2. The second-order valence-electron chi connectivity index (χ2n) is 5.73. The first-order valence-electron chi connectivity index (χ1n) is 7.60. The molecule has 2 aliphatic heterocycles. The number of nitrogens with zero attached hydrogens (tertiary/aromatic N) is 1. The highest BCUT2D eigenvalue weighted by Gasteiger charge is 2.17. The molecule has 2 saturated heterocycles. The average Bonchev–Trinajstić information content (AvgIpc) is 3.00. The van der Waals surface area contributed by atoms with Gasteiger partial charge in [0.2, 0.25) is 0 Å². The number of hydrogen-bond acceptors (Lipinski definition) is 4. The van der Waals surface area contributed by atoms with Crippen LogP contribution in [0.1, 0.15) is 12.0 Å². The fourth-order valence-corrected chi connectivity index (χ4v) is 2.84. The molecule has 20 heavy (non-hydrogen) atoms. The number of anilines is 1. The molecule has 0 radical (unpaired) electrons. The van der Waals surface area contributed by atoms with Crippen LogP contribution in [0.2, 0.25) is 0 Å². The molecule has 1 unspecified atom stereocenters. The Hall–Kier alpha value is -1.26. The zero-order chi connectivity index (χ0) is 13.8. The summed E-state index contributed by atoms with van der Waals surface area (Å²) in [6.45, 7) is 8.93. The Morgan fingerprint density at radius 3 is 2.90 bits per heavy atom. The van der Waals surface area contributed by atoms with Crippen LogP contribution >= 0.6 is 0 Å². The van der Waals surface area contributed by atoms with Gasteiger partial charge < -0.3 is 19.7 Å². The second-order valence-corrected chi connectivity index (χ2v) is 5.73. The van der Waals surface area contributed by atoms with Gasteiger partial charge in [0.25, 0.3) is 0 Å². The maximum Gasteiger partial charge on any atom is 0.122 e. The van der Waals surface area contributed by atoms with E-state index < -0.39 is 0 Å². The lowest BCUT2D eigenvalue weighted by atomic mass is 10.1. The molecule has 2 fully saturated rings. The number of aryl methyl sites for hydroxylation is 1. The maximum atomic E-state index is 5.95. The van der Waals surface area contributed by atoms with Crippen LogP contribution < -0.4 is 15.0 Å². The molecule has 0 saturated carbocycles. The number of rotatable bonds is 4. The Balaban J connectivity index is 1.61. The lowest BCUT2D eigenvalue weighted by Crippen LogP contribution is -2.43. The summed E-state index contributed by atoms with van der Waals surface area (Å²) in [5.74, 6) is 1.57. The highest BCUT2D eigenvalue weighted by atomic mass is 16.5. The predicted octanol–water partition coefficient (Wildman–Crippen LogP) is 1.82. The minimum Gasteiger partial charge on any atom is -0.493 e. The van der Waals surface area contributed by atoms with Gasteiger partial charge in [-0.2, -0.15) is 0 Å². The van der Waals surface area contributed by atoms with E-state index in [1.165, 1.54) is 11.3 Å². The van der Waals surface area contributed by atoms with E-state index in [1.807, 2.05) is 0 Å². The van der Waals surface area contributed by atoms with Gasteiger partial charge in [-0.1, -0.05) is 0 Å². The van der Waals surface area contributed by atoms with Gasteiger partial charge in [0.15, 0.2) is 0 Å². The summed E-state index contributed by atoms with van der Waals surface area (Å²) in [5.41, 5.74) is 2.53. The monoisotopic (exact) mass is 276 g/mol. The van der Waals surface area contributed by atoms with Crippen molar-refractivity contribution >= 4 is 5.69 Å². The molecule has 110 valence electrons. The van der Waals surface area contributed by atoms with Gasteiger partial charge in [0.1, 0.15) is 5.75 Å². The summed E-state index contributed by atoms with van der Waals surface area (Å²) in [4.78, 5) is 2.43. The number of piperazine rings is 1. The van der Waals surface area contributed by atoms with E-state index in [0.717, 1.165) is 58.2 Å². The standard InChI is InChI=1S/C16H24N2O2/c1-13-10-15(18-7-5-17-6-8-18)2-3-16(13)20-12-14-4-9-19-11-14/h2-3,10,14,17H,4-9,11-12H2,1H3. The summed E-state index contributed by atoms with van der Waals surface area (Å²) >= 11 is 0. The molecule has 0 amide bonds. The van der Waals surface area contributed by atoms with Crippen molar-refractivity contribution in [3.63, 3.8) is 0 Å². The van der Waals surface area contributed by atoms with Crippen molar-refractivity contribution in [1.82, 2.24) is 5.32 Å². The van der Waals surface area contributed by atoms with Crippen LogP contribution in [-0.2, 0) is 4.74 Å². The number of hydrogen-bond donors (Lipinski definition) is 1. The van der Waals surface area contributed by atoms with E-state index in [2.05, 4.69) is 35.3 Å². The zero-order valence-corrected chi connectivity index (χ0v) is 12.2. The number of nitrogens with one attached hydrogen (secondary N) is 1. The topological polar surface area (TPSA) is 33.7 Å². The van der Waals surface area contributed by atoms with Crippen molar-refractivity contribution in [1.29, 1.82) is 0 Å². The molecule has 1 aromatic rings. The molecule has 1 atom stereocenters. The van der Waals surface area contributed by atoms with Crippen molar-refractivity contribution < 1.29 is 9.47 Å². The summed E-state index contributed by atoms with van der Waals surface area (Å²) in [6.07, 6.45) is 1.12. The largest absolute Gasteiger partial charge is 0.493 e. The third kappa shape index (κ3) is 3.25. The first-order chi connectivity index (χ1) is 9.83. The molecule has 1 N–H and O–H groups in total. The van der Waals surface area contributed by atoms with Crippen molar-refractivity contribution in [3.05, 3.63) is 23.8 Å². The summed E-state index contributed by atoms with van der Waals surface area (Å²) in [7, 11) is 0. The fourth-order valence-electron chi connectivity index (χ4n) is 2.84. The summed E-state index contributed by atoms with van der Waals surface area (Å²) < 4.78 is 11.3. The molecule has 0 spiro atoms. The molecule has 1 aromatic carbocycles. The quantitative estimate of drug-likeness (QED) is 0.909. The van der Waals surface area contributed by atoms with Crippen molar-refractivity contribution in [3.8, 4) is 5.75 Å². The van der Waals surface area contributed by atoms with E-state index in [4.69, 9.17) is 9.47 Å². The van der Waals surface area contributed by atoms with E-state index in [9.17, 15) is 0 Å². The molecular weight excluding hydrogens is 252 g/mol. The van der Waals surface area contributed by atoms with Gasteiger partial charge >= 0.3 is 0 Å². The maximum absolute atomic E-state index is 5.95. The van der Waals surface area contributed by atoms with Crippen molar-refractivity contribution in [2.75, 3.05) is 50.9 Å². The molecule has 0 aromatic heterocycles. The van der Waals surface area contributed by atoms with Gasteiger partial charge in [0.05, 0.1) is 13.2 Å². The van der Waals surface area contributed by atoms with Gasteiger partial charge in [-0.3, -0.25) is 0 Å². The van der Waals surface area contributed by atoms with Gasteiger partial charge in [-0.25, -0.2) is 0 Å². The fraction of sp³-hybridized carbons (Fsp3) is 0.625. The SMILES string of the molecule is Cc1cc(N2CCNCC2)ccc1OCC1CCOC1. The van der Waals surface area contributed by atoms with Crippen LogP contribution in [0.25, 0.3) is 0 Å². The van der Waals surface area contributed by atoms with Gasteiger partial charge in [0, 0.05) is 44.4 Å². The van der Waals surface area contributed by atoms with Gasteiger partial charge in [-0.15, -0.1) is 0 Å². The van der Waals surface area contributed by atoms with Crippen LogP contribution in [0, 0.1) is 12.8 Å². The van der Waals surface area contributed by atoms with Crippen molar-refractivity contribution in [2.45, 2.75) is 13.3 Å². The minimum absolute atomic E-state index is 0.558. The Kier molecular flexibility index (Phi) is 4.43. The lowest BCUT2D eigenvalue weighted by Gasteiger charge is -2.30. The first-order valence-corrected chi connectivity index (χ1v) is 7.60. The number of ether oxygens (including phenoxy) is 2. The van der Waals surface area contributed by atoms with E-state index >= 15 is 0 Å². The van der Waals surface area contributed by atoms with Crippen LogP contribution in [0.5, 0.6) is 5.75 Å². The minimum atomic E-state index is 0.558. The molecule has 4 nitrogen and oxygen atoms in total. The Morgan fingerprint density at radius 1 is 1.35 bits per heavy atom. The average molecular weight is 276 g/mol. The molecule has 4 heteroatoms. The highest BCUT2D eigenvalue weighted by molar-refractivity contribution is 5.53. The summed E-state index contributed by atoms with van der Waals surface area (Å²) in [6, 6.07) is 6.53. The molecule has 3 rings (SSSR count). The van der Waals surface area contributed by atoms with Crippen LogP contribution in [0.3, 0.4) is 0 Å². The second kappa shape index (κ2) is 6.46. The van der Waals surface area contributed by atoms with Crippen LogP contribution in [0.15, 0.2) is 18.2 Å². The van der Waals surface area contributed by atoms with Crippen molar-refractivity contribution in [2.24, 2.45) is 5.92 Å². The third-order valence-corrected chi connectivity index (χ3v) is 4.14. The predicted molar refractivity (Wildman–Crippen MR) is 80.7 cm³/mol.